The molecular weight excluding hydrogens is 238 g/mol. The maximum atomic E-state index is 10.9. The van der Waals surface area contributed by atoms with E-state index in [0.717, 1.165) is 13.1 Å². The monoisotopic (exact) mass is 255 g/mol. The van der Waals surface area contributed by atoms with Crippen LogP contribution in [0.2, 0.25) is 0 Å². The molecule has 0 bridgehead atoms. The first-order chi connectivity index (χ1) is 8.65. The first kappa shape index (κ1) is 13.1. The lowest BCUT2D eigenvalue weighted by atomic mass is 10.2. The minimum Gasteiger partial charge on any atom is -0.475 e. The van der Waals surface area contributed by atoms with E-state index in [-0.39, 0.29) is 18.0 Å². The molecule has 1 saturated heterocycles. The van der Waals surface area contributed by atoms with Gasteiger partial charge in [-0.05, 0) is 6.07 Å². The molecule has 6 nitrogen and oxygen atoms in total. The summed E-state index contributed by atoms with van der Waals surface area (Å²) in [5, 5.41) is 8.96. The zero-order valence-electron chi connectivity index (χ0n) is 10.5. The number of hydrogen-bond donors (Lipinski definition) is 1. The Bertz CT molecular complexity index is 404. The Morgan fingerprint density at radius 2 is 2.06 bits per heavy atom. The topological polar surface area (TPSA) is 72.1 Å². The fourth-order valence-corrected chi connectivity index (χ4v) is 2.29. The first-order valence-corrected chi connectivity index (χ1v) is 5.73. The van der Waals surface area contributed by atoms with Crippen molar-refractivity contribution in [2.24, 2.45) is 0 Å². The van der Waals surface area contributed by atoms with Gasteiger partial charge in [0.05, 0.1) is 18.5 Å². The molecule has 1 aromatic rings. The van der Waals surface area contributed by atoms with Crippen LogP contribution in [0.1, 0.15) is 16.1 Å². The molecule has 2 heterocycles. The molecule has 0 spiro atoms. The highest BCUT2D eigenvalue weighted by Crippen LogP contribution is 2.20. The van der Waals surface area contributed by atoms with Crippen molar-refractivity contribution >= 4 is 5.97 Å². The van der Waals surface area contributed by atoms with E-state index in [2.05, 4.69) is 4.90 Å². The fraction of sp³-hybridized carbons (Fsp3) is 0.583. The Balaban J connectivity index is 2.02. The van der Waals surface area contributed by atoms with Gasteiger partial charge in [-0.25, -0.2) is 4.79 Å². The Labute approximate surface area is 105 Å². The summed E-state index contributed by atoms with van der Waals surface area (Å²) >= 11 is 0. The smallest absolute Gasteiger partial charge is 0.372 e. The van der Waals surface area contributed by atoms with Gasteiger partial charge < -0.3 is 19.0 Å². The summed E-state index contributed by atoms with van der Waals surface area (Å²) in [5.74, 6) is -1.04. The summed E-state index contributed by atoms with van der Waals surface area (Å²) in [6.45, 7) is 1.97. The normalized spacial score (nSPS) is 24.6. The van der Waals surface area contributed by atoms with Crippen molar-refractivity contribution in [1.29, 1.82) is 0 Å². The Morgan fingerprint density at radius 1 is 1.44 bits per heavy atom. The summed E-state index contributed by atoms with van der Waals surface area (Å²) in [6.07, 6.45) is 1.45. The Morgan fingerprint density at radius 3 is 2.56 bits per heavy atom. The first-order valence-electron chi connectivity index (χ1n) is 5.73. The number of ether oxygens (including phenoxy) is 2. The van der Waals surface area contributed by atoms with Crippen molar-refractivity contribution in [3.63, 3.8) is 0 Å². The highest BCUT2D eigenvalue weighted by molar-refractivity contribution is 5.86. The van der Waals surface area contributed by atoms with Gasteiger partial charge in [0.25, 0.3) is 0 Å². The highest BCUT2D eigenvalue weighted by atomic mass is 16.5. The van der Waals surface area contributed by atoms with Crippen LogP contribution in [0.5, 0.6) is 0 Å². The summed E-state index contributed by atoms with van der Waals surface area (Å²) in [5.41, 5.74) is 0.675. The van der Waals surface area contributed by atoms with Crippen molar-refractivity contribution < 1.29 is 23.8 Å². The minimum atomic E-state index is -1.04. The molecule has 18 heavy (non-hydrogen) atoms. The van der Waals surface area contributed by atoms with E-state index in [9.17, 15) is 4.79 Å². The van der Waals surface area contributed by atoms with Crippen LogP contribution in [-0.2, 0) is 16.0 Å². The third-order valence-electron chi connectivity index (χ3n) is 3.23. The second kappa shape index (κ2) is 5.51. The predicted molar refractivity (Wildman–Crippen MR) is 62.5 cm³/mol. The summed E-state index contributed by atoms with van der Waals surface area (Å²) in [6, 6.07) is 1.69. The highest BCUT2D eigenvalue weighted by Gasteiger charge is 2.33. The van der Waals surface area contributed by atoms with Crippen molar-refractivity contribution in [2.45, 2.75) is 18.8 Å². The number of hydrogen-bond acceptors (Lipinski definition) is 5. The lowest BCUT2D eigenvalue weighted by molar-refractivity contribution is -0.00461. The van der Waals surface area contributed by atoms with Gasteiger partial charge in [-0.3, -0.25) is 4.90 Å². The molecule has 2 unspecified atom stereocenters. The minimum absolute atomic E-state index is 0.00448. The lowest BCUT2D eigenvalue weighted by Crippen LogP contribution is -2.27. The standard InChI is InChI=1S/C12H17NO5/c1-16-9-6-13(7-10(9)17-2)5-8-3-4-18-11(8)12(14)15/h3-4,9-10H,5-7H2,1-2H3,(H,14,15). The lowest BCUT2D eigenvalue weighted by Gasteiger charge is -2.14. The van der Waals surface area contributed by atoms with Crippen molar-refractivity contribution in [1.82, 2.24) is 4.90 Å². The second-order valence-electron chi connectivity index (χ2n) is 4.32. The number of carbonyl (C=O) groups is 1. The van der Waals surface area contributed by atoms with Crippen molar-refractivity contribution in [3.8, 4) is 0 Å². The number of nitrogens with zero attached hydrogens (tertiary/aromatic N) is 1. The zero-order valence-corrected chi connectivity index (χ0v) is 10.5. The number of likely N-dealkylation sites (tertiary alicyclic amines) is 1. The number of carboxylic acid groups (broad SMARTS) is 1. The maximum absolute atomic E-state index is 10.9. The molecule has 6 heteroatoms. The largest absolute Gasteiger partial charge is 0.475 e. The quantitative estimate of drug-likeness (QED) is 0.840. The van der Waals surface area contributed by atoms with Gasteiger partial charge in [-0.2, -0.15) is 0 Å². The molecule has 0 amide bonds. The average molecular weight is 255 g/mol. The van der Waals surface area contributed by atoms with E-state index in [4.69, 9.17) is 19.0 Å². The Kier molecular flexibility index (Phi) is 4.00. The molecule has 100 valence electrons. The van der Waals surface area contributed by atoms with Crippen LogP contribution in [0.3, 0.4) is 0 Å². The van der Waals surface area contributed by atoms with Gasteiger partial charge in [-0.1, -0.05) is 0 Å². The van der Waals surface area contributed by atoms with E-state index in [1.165, 1.54) is 6.26 Å². The van der Waals surface area contributed by atoms with Gasteiger partial charge >= 0.3 is 5.97 Å². The molecule has 1 aliphatic heterocycles. The number of furan rings is 1. The van der Waals surface area contributed by atoms with Crippen molar-refractivity contribution in [3.05, 3.63) is 23.7 Å². The van der Waals surface area contributed by atoms with E-state index >= 15 is 0 Å². The molecule has 1 N–H and O–H groups in total. The predicted octanol–water partition coefficient (Wildman–Crippen LogP) is 0.823. The molecule has 0 saturated carbocycles. The van der Waals surface area contributed by atoms with Crippen molar-refractivity contribution in [2.75, 3.05) is 27.3 Å². The van der Waals surface area contributed by atoms with Gasteiger partial charge in [0.15, 0.2) is 0 Å². The molecular formula is C12H17NO5. The zero-order chi connectivity index (χ0) is 13.1. The third-order valence-corrected chi connectivity index (χ3v) is 3.23. The van der Waals surface area contributed by atoms with E-state index < -0.39 is 5.97 Å². The van der Waals surface area contributed by atoms with Gasteiger partial charge in [0, 0.05) is 39.4 Å². The molecule has 1 aromatic heterocycles. The number of aromatic carboxylic acids is 1. The summed E-state index contributed by atoms with van der Waals surface area (Å²) in [4.78, 5) is 13.0. The Hall–Kier alpha value is -1.37. The average Bonchev–Trinajstić information content (AvgIpc) is 2.95. The molecule has 2 rings (SSSR count). The maximum Gasteiger partial charge on any atom is 0.372 e. The number of methoxy groups -OCH3 is 2. The molecule has 0 radical (unpaired) electrons. The van der Waals surface area contributed by atoms with Crippen LogP contribution in [-0.4, -0.2) is 55.5 Å². The van der Waals surface area contributed by atoms with Gasteiger partial charge in [0.2, 0.25) is 5.76 Å². The molecule has 0 aliphatic carbocycles. The van der Waals surface area contributed by atoms with Crippen LogP contribution < -0.4 is 0 Å². The van der Waals surface area contributed by atoms with Crippen LogP contribution >= 0.6 is 0 Å². The SMILES string of the molecule is COC1CN(Cc2ccoc2C(=O)O)CC1OC. The van der Waals surface area contributed by atoms with E-state index in [1.807, 2.05) is 0 Å². The van der Waals surface area contributed by atoms with Gasteiger partial charge in [-0.15, -0.1) is 0 Å². The molecule has 1 aliphatic rings. The third kappa shape index (κ3) is 2.55. The van der Waals surface area contributed by atoms with Crippen LogP contribution in [0.4, 0.5) is 0 Å². The summed E-state index contributed by atoms with van der Waals surface area (Å²) < 4.78 is 15.6. The van der Waals surface area contributed by atoms with Gasteiger partial charge in [0.1, 0.15) is 0 Å². The van der Waals surface area contributed by atoms with Crippen LogP contribution in [0.25, 0.3) is 0 Å². The van der Waals surface area contributed by atoms with Crippen LogP contribution in [0, 0.1) is 0 Å². The van der Waals surface area contributed by atoms with E-state index in [0.29, 0.717) is 12.1 Å². The van der Waals surface area contributed by atoms with E-state index in [1.54, 1.807) is 20.3 Å². The summed E-state index contributed by atoms with van der Waals surface area (Å²) in [7, 11) is 3.31. The molecule has 0 aromatic carbocycles. The van der Waals surface area contributed by atoms with Crippen LogP contribution in [0.15, 0.2) is 16.7 Å². The molecule has 2 atom stereocenters. The fourth-order valence-electron chi connectivity index (χ4n) is 2.29. The number of carboxylic acids is 1. The number of rotatable bonds is 5. The molecule has 1 fully saturated rings. The second-order valence-corrected chi connectivity index (χ2v) is 4.32.